The molecule has 0 radical (unpaired) electrons. The zero-order chi connectivity index (χ0) is 41.5. The molecule has 0 bridgehead atoms. The van der Waals surface area contributed by atoms with Crippen LogP contribution in [0, 0.1) is 11.8 Å². The molecule has 3 rings (SSSR count). The van der Waals surface area contributed by atoms with E-state index in [1.807, 2.05) is 0 Å². The van der Waals surface area contributed by atoms with E-state index in [2.05, 4.69) is 77.9 Å². The maximum atomic E-state index is 7.25. The van der Waals surface area contributed by atoms with E-state index in [-0.39, 0.29) is 0 Å². The third kappa shape index (κ3) is 19.4. The molecule has 2 atom stereocenters. The van der Waals surface area contributed by atoms with Gasteiger partial charge in [0.1, 0.15) is 11.5 Å². The Labute approximate surface area is 360 Å². The summed E-state index contributed by atoms with van der Waals surface area (Å²) in [6.07, 6.45) is 42.0. The first-order valence-corrected chi connectivity index (χ1v) is 25.9. The van der Waals surface area contributed by atoms with Crippen LogP contribution in [0.4, 0.5) is 0 Å². The molecule has 0 aromatic heterocycles. The highest BCUT2D eigenvalue weighted by Crippen LogP contribution is 2.45. The minimum atomic E-state index is 0.611. The molecule has 330 valence electrons. The van der Waals surface area contributed by atoms with Crippen molar-refractivity contribution in [1.29, 1.82) is 0 Å². The van der Waals surface area contributed by atoms with Crippen molar-refractivity contribution in [3.8, 4) is 11.5 Å². The van der Waals surface area contributed by atoms with Crippen LogP contribution in [-0.4, -0.2) is 13.2 Å². The molecule has 0 spiro atoms. The van der Waals surface area contributed by atoms with Crippen molar-refractivity contribution in [3.63, 3.8) is 0 Å². The topological polar surface area (TPSA) is 18.5 Å². The molecule has 0 saturated heterocycles. The molecule has 2 unspecified atom stereocenters. The van der Waals surface area contributed by atoms with Crippen molar-refractivity contribution in [3.05, 3.63) is 47.5 Å². The van der Waals surface area contributed by atoms with Gasteiger partial charge in [-0.2, -0.15) is 0 Å². The van der Waals surface area contributed by atoms with Crippen LogP contribution >= 0.6 is 0 Å². The Bertz CT molecular complexity index is 1330. The summed E-state index contributed by atoms with van der Waals surface area (Å²) in [5, 5.41) is 5.05. The fourth-order valence-electron chi connectivity index (χ4n) is 9.20. The second-order valence-electron chi connectivity index (χ2n) is 18.5. The molecule has 0 aliphatic rings. The molecule has 0 heterocycles. The summed E-state index contributed by atoms with van der Waals surface area (Å²) in [5.41, 5.74) is 2.87. The van der Waals surface area contributed by atoms with Crippen LogP contribution in [0.2, 0.25) is 0 Å². The second-order valence-corrected chi connectivity index (χ2v) is 18.5. The summed E-state index contributed by atoms with van der Waals surface area (Å²) in [6, 6.07) is 14.6. The van der Waals surface area contributed by atoms with Gasteiger partial charge in [-0.3, -0.25) is 0 Å². The highest BCUT2D eigenvalue weighted by Gasteiger charge is 2.21. The number of ether oxygens (including phenoxy) is 2. The van der Waals surface area contributed by atoms with Gasteiger partial charge in [-0.1, -0.05) is 220 Å². The van der Waals surface area contributed by atoms with E-state index < -0.39 is 0 Å². The van der Waals surface area contributed by atoms with Gasteiger partial charge in [-0.15, -0.1) is 0 Å². The predicted molar refractivity (Wildman–Crippen MR) is 259 cm³/mol. The van der Waals surface area contributed by atoms with E-state index >= 15 is 0 Å². The molecular formula is C56H94O2. The van der Waals surface area contributed by atoms with Gasteiger partial charge in [0.25, 0.3) is 0 Å². The van der Waals surface area contributed by atoms with E-state index in [4.69, 9.17) is 9.47 Å². The van der Waals surface area contributed by atoms with Crippen LogP contribution in [0.3, 0.4) is 0 Å². The first-order valence-electron chi connectivity index (χ1n) is 25.9. The molecule has 0 fully saturated rings. The molecule has 0 aliphatic carbocycles. The van der Waals surface area contributed by atoms with Gasteiger partial charge in [-0.05, 0) is 86.5 Å². The van der Waals surface area contributed by atoms with Gasteiger partial charge < -0.3 is 9.47 Å². The number of unbranched alkanes of at least 4 members (excludes halogenated alkanes) is 20. The van der Waals surface area contributed by atoms with E-state index in [1.54, 1.807) is 0 Å². The molecule has 3 aromatic carbocycles. The lowest BCUT2D eigenvalue weighted by atomic mass is 9.93. The Morgan fingerprint density at radius 3 is 0.983 bits per heavy atom. The lowest BCUT2D eigenvalue weighted by Gasteiger charge is -2.24. The maximum absolute atomic E-state index is 7.25. The monoisotopic (exact) mass is 799 g/mol. The van der Waals surface area contributed by atoms with Gasteiger partial charge in [0, 0.05) is 21.5 Å². The molecule has 2 heteroatoms. The summed E-state index contributed by atoms with van der Waals surface area (Å²) in [4.78, 5) is 0. The fourth-order valence-corrected chi connectivity index (χ4v) is 9.20. The van der Waals surface area contributed by atoms with Crippen LogP contribution in [0.1, 0.15) is 245 Å². The summed E-state index contributed by atoms with van der Waals surface area (Å²) in [7, 11) is 0. The number of aryl methyl sites for hydroxylation is 2. The molecule has 2 nitrogen and oxygen atoms in total. The van der Waals surface area contributed by atoms with Crippen molar-refractivity contribution in [2.75, 3.05) is 13.2 Å². The predicted octanol–water partition coefficient (Wildman–Crippen LogP) is 18.9. The average molecular weight is 799 g/mol. The first-order chi connectivity index (χ1) is 28.6. The third-order valence-corrected chi connectivity index (χ3v) is 13.1. The molecular weight excluding hydrogens is 705 g/mol. The zero-order valence-corrected chi connectivity index (χ0v) is 39.5. The van der Waals surface area contributed by atoms with Crippen LogP contribution in [0.25, 0.3) is 21.5 Å². The van der Waals surface area contributed by atoms with Crippen LogP contribution in [0.5, 0.6) is 11.5 Å². The highest BCUT2D eigenvalue weighted by atomic mass is 16.5. The minimum absolute atomic E-state index is 0.611. The van der Waals surface area contributed by atoms with Crippen LogP contribution < -0.4 is 9.47 Å². The molecule has 0 amide bonds. The number of fused-ring (bicyclic) bond motifs is 2. The summed E-state index contributed by atoms with van der Waals surface area (Å²) in [6.45, 7) is 15.6. The summed E-state index contributed by atoms with van der Waals surface area (Å²) >= 11 is 0. The second kappa shape index (κ2) is 32.5. The van der Waals surface area contributed by atoms with Crippen molar-refractivity contribution in [1.82, 2.24) is 0 Å². The van der Waals surface area contributed by atoms with Gasteiger partial charge >= 0.3 is 0 Å². The van der Waals surface area contributed by atoms with E-state index in [1.165, 1.54) is 225 Å². The molecule has 3 aromatic rings. The third-order valence-electron chi connectivity index (χ3n) is 13.1. The fraction of sp³-hybridized carbons (Fsp3) is 0.750. The van der Waals surface area contributed by atoms with Gasteiger partial charge in [0.05, 0.1) is 13.2 Å². The standard InChI is InChI=1S/C56H94O2/c1-7-13-19-21-23-25-31-37-49(35-29-17-11-5)45-57-55-51-41-39-48(34-28-16-10-4)44-54(51)56(52-42-40-47(43-53(52)55)33-27-15-9-3)58-46-50(36-30-18-12-6)38-32-26-24-22-20-14-8-2/h39-44,49-50H,7-38,45-46H2,1-6H3. The molecule has 0 aliphatic heterocycles. The number of hydrogen-bond acceptors (Lipinski definition) is 2. The molecule has 58 heavy (non-hydrogen) atoms. The van der Waals surface area contributed by atoms with E-state index in [0.29, 0.717) is 11.8 Å². The van der Waals surface area contributed by atoms with E-state index in [9.17, 15) is 0 Å². The van der Waals surface area contributed by atoms with Crippen molar-refractivity contribution in [2.45, 2.75) is 247 Å². The van der Waals surface area contributed by atoms with Crippen LogP contribution in [-0.2, 0) is 12.8 Å². The SMILES string of the molecule is CCCCCCCCCC(CCCCC)COc1c2ccc(CCCCC)cc2c(OCC(CCCCC)CCCCCCCCC)c2ccc(CCCCC)cc12. The first kappa shape index (κ1) is 50.1. The minimum Gasteiger partial charge on any atom is -0.492 e. The van der Waals surface area contributed by atoms with Gasteiger partial charge in [0.2, 0.25) is 0 Å². The Balaban J connectivity index is 2.00. The van der Waals surface area contributed by atoms with Crippen LogP contribution in [0.15, 0.2) is 36.4 Å². The molecule has 0 saturated carbocycles. The molecule has 0 N–H and O–H groups in total. The normalized spacial score (nSPS) is 12.8. The average Bonchev–Trinajstić information content (AvgIpc) is 3.23. The summed E-state index contributed by atoms with van der Waals surface area (Å²) < 4.78 is 14.5. The van der Waals surface area contributed by atoms with Crippen molar-refractivity contribution in [2.24, 2.45) is 11.8 Å². The Hall–Kier alpha value is -2.22. The van der Waals surface area contributed by atoms with E-state index in [0.717, 1.165) is 37.6 Å². The highest BCUT2D eigenvalue weighted by molar-refractivity contribution is 6.11. The zero-order valence-electron chi connectivity index (χ0n) is 39.5. The smallest absolute Gasteiger partial charge is 0.135 e. The van der Waals surface area contributed by atoms with Gasteiger partial charge in [0.15, 0.2) is 0 Å². The maximum Gasteiger partial charge on any atom is 0.135 e. The number of benzene rings is 3. The Morgan fingerprint density at radius 2 is 0.621 bits per heavy atom. The number of hydrogen-bond donors (Lipinski definition) is 0. The lowest BCUT2D eigenvalue weighted by Crippen LogP contribution is -2.14. The Morgan fingerprint density at radius 1 is 0.328 bits per heavy atom. The summed E-state index contributed by atoms with van der Waals surface area (Å²) in [5.74, 6) is 3.44. The lowest BCUT2D eigenvalue weighted by molar-refractivity contribution is 0.225. The quantitative estimate of drug-likeness (QED) is 0.0425. The van der Waals surface area contributed by atoms with Crippen molar-refractivity contribution < 1.29 is 9.47 Å². The number of rotatable bonds is 38. The van der Waals surface area contributed by atoms with Crippen molar-refractivity contribution >= 4 is 21.5 Å². The Kier molecular flexibility index (Phi) is 28.1. The largest absolute Gasteiger partial charge is 0.492 e. The van der Waals surface area contributed by atoms with Gasteiger partial charge in [-0.25, -0.2) is 0 Å².